The highest BCUT2D eigenvalue weighted by Crippen LogP contribution is 2.27. The van der Waals surface area contributed by atoms with Crippen LogP contribution >= 0.6 is 12.4 Å². The lowest BCUT2D eigenvalue weighted by atomic mass is 10.3. The SMILES string of the molecule is COc1cc(S(=O)(=O)N2CCNCC2)ccc1-n1cnnn1.Cl. The van der Waals surface area contributed by atoms with Crippen molar-refractivity contribution in [3.05, 3.63) is 24.5 Å². The third-order valence-electron chi connectivity index (χ3n) is 3.46. The number of hydrogen-bond donors (Lipinski definition) is 1. The van der Waals surface area contributed by atoms with Crippen molar-refractivity contribution in [1.82, 2.24) is 29.8 Å². The van der Waals surface area contributed by atoms with E-state index in [1.54, 1.807) is 6.07 Å². The maximum absolute atomic E-state index is 12.6. The molecule has 3 rings (SSSR count). The smallest absolute Gasteiger partial charge is 0.243 e. The lowest BCUT2D eigenvalue weighted by Crippen LogP contribution is -2.46. The van der Waals surface area contributed by atoms with Gasteiger partial charge < -0.3 is 10.1 Å². The van der Waals surface area contributed by atoms with Crippen LogP contribution in [0.25, 0.3) is 5.69 Å². The van der Waals surface area contributed by atoms with Gasteiger partial charge in [0.05, 0.1) is 12.0 Å². The van der Waals surface area contributed by atoms with Crippen LogP contribution in [0, 0.1) is 0 Å². The lowest BCUT2D eigenvalue weighted by molar-refractivity contribution is 0.359. The molecule has 0 amide bonds. The molecule has 1 aliphatic rings. The standard InChI is InChI=1S/C12H16N6O3S.ClH/c1-21-12-8-10(2-3-11(12)18-9-14-15-16-18)22(19,20)17-6-4-13-5-7-17;/h2-3,8-9,13H,4-7H2,1H3;1H. The fourth-order valence-electron chi connectivity index (χ4n) is 2.31. The number of sulfonamides is 1. The average Bonchev–Trinajstić information content (AvgIpc) is 3.09. The molecule has 0 bridgehead atoms. The summed E-state index contributed by atoms with van der Waals surface area (Å²) in [6.45, 7) is 2.22. The van der Waals surface area contributed by atoms with Gasteiger partial charge >= 0.3 is 0 Å². The van der Waals surface area contributed by atoms with E-state index >= 15 is 0 Å². The molecule has 0 saturated carbocycles. The maximum Gasteiger partial charge on any atom is 0.243 e. The van der Waals surface area contributed by atoms with Gasteiger partial charge in [-0.2, -0.15) is 8.99 Å². The van der Waals surface area contributed by atoms with Gasteiger partial charge in [0.1, 0.15) is 17.8 Å². The van der Waals surface area contributed by atoms with Crippen molar-refractivity contribution in [2.24, 2.45) is 0 Å². The molecule has 0 atom stereocenters. The molecule has 1 aromatic carbocycles. The predicted molar refractivity (Wildman–Crippen MR) is 84.6 cm³/mol. The van der Waals surface area contributed by atoms with Gasteiger partial charge in [-0.3, -0.25) is 0 Å². The van der Waals surface area contributed by atoms with Gasteiger partial charge in [-0.15, -0.1) is 17.5 Å². The first-order valence-corrected chi connectivity index (χ1v) is 8.19. The molecule has 0 aliphatic carbocycles. The normalized spacial score (nSPS) is 15.9. The van der Waals surface area contributed by atoms with E-state index in [4.69, 9.17) is 4.74 Å². The third kappa shape index (κ3) is 3.44. The van der Waals surface area contributed by atoms with Crippen molar-refractivity contribution in [3.63, 3.8) is 0 Å². The van der Waals surface area contributed by atoms with Crippen LogP contribution in [-0.2, 0) is 10.0 Å². The van der Waals surface area contributed by atoms with Crippen molar-refractivity contribution < 1.29 is 13.2 Å². The van der Waals surface area contributed by atoms with Gasteiger partial charge in [-0.25, -0.2) is 8.42 Å². The molecule has 2 heterocycles. The fraction of sp³-hybridized carbons (Fsp3) is 0.417. The zero-order chi connectivity index (χ0) is 15.6. The third-order valence-corrected chi connectivity index (χ3v) is 5.36. The molecule has 1 aromatic heterocycles. The second kappa shape index (κ2) is 7.21. The Labute approximate surface area is 140 Å². The Morgan fingerprint density at radius 1 is 1.26 bits per heavy atom. The minimum absolute atomic E-state index is 0. The van der Waals surface area contributed by atoms with Crippen LogP contribution in [0.2, 0.25) is 0 Å². The zero-order valence-corrected chi connectivity index (χ0v) is 14.0. The molecular weight excluding hydrogens is 344 g/mol. The summed E-state index contributed by atoms with van der Waals surface area (Å²) >= 11 is 0. The van der Waals surface area contributed by atoms with Gasteiger partial charge in [0.15, 0.2) is 0 Å². The van der Waals surface area contributed by atoms with E-state index in [9.17, 15) is 8.42 Å². The number of ether oxygens (including phenoxy) is 1. The van der Waals surface area contributed by atoms with Gasteiger partial charge in [-0.1, -0.05) is 0 Å². The van der Waals surface area contributed by atoms with E-state index in [2.05, 4.69) is 20.8 Å². The predicted octanol–water partition coefficient (Wildman–Crippen LogP) is -0.313. The van der Waals surface area contributed by atoms with Crippen LogP contribution in [0.3, 0.4) is 0 Å². The quantitative estimate of drug-likeness (QED) is 0.797. The lowest BCUT2D eigenvalue weighted by Gasteiger charge is -2.26. The Bertz CT molecular complexity index is 746. The fourth-order valence-corrected chi connectivity index (χ4v) is 3.77. The first-order valence-electron chi connectivity index (χ1n) is 6.75. The molecule has 2 aromatic rings. The first-order chi connectivity index (χ1) is 10.6. The molecule has 9 nitrogen and oxygen atoms in total. The molecule has 126 valence electrons. The van der Waals surface area contributed by atoms with Gasteiger partial charge in [-0.05, 0) is 22.6 Å². The van der Waals surface area contributed by atoms with E-state index in [0.29, 0.717) is 37.6 Å². The average molecular weight is 361 g/mol. The van der Waals surface area contributed by atoms with Crippen molar-refractivity contribution in [2.45, 2.75) is 4.90 Å². The second-order valence-corrected chi connectivity index (χ2v) is 6.68. The summed E-state index contributed by atoms with van der Waals surface area (Å²) in [6, 6.07) is 4.66. The van der Waals surface area contributed by atoms with Crippen LogP contribution in [0.1, 0.15) is 0 Å². The minimum atomic E-state index is -3.53. The highest BCUT2D eigenvalue weighted by Gasteiger charge is 2.26. The Kier molecular flexibility index (Phi) is 5.52. The highest BCUT2D eigenvalue weighted by atomic mass is 35.5. The monoisotopic (exact) mass is 360 g/mol. The Morgan fingerprint density at radius 3 is 2.61 bits per heavy atom. The van der Waals surface area contributed by atoms with Crippen molar-refractivity contribution in [3.8, 4) is 11.4 Å². The summed E-state index contributed by atoms with van der Waals surface area (Å²) < 4.78 is 33.5. The van der Waals surface area contributed by atoms with Crippen LogP contribution in [0.5, 0.6) is 5.75 Å². The van der Waals surface area contributed by atoms with Crippen LogP contribution in [0.4, 0.5) is 0 Å². The Morgan fingerprint density at radius 2 is 2.00 bits per heavy atom. The summed E-state index contributed by atoms with van der Waals surface area (Å²) in [4.78, 5) is 0.197. The summed E-state index contributed by atoms with van der Waals surface area (Å²) in [5.41, 5.74) is 0.576. The summed E-state index contributed by atoms with van der Waals surface area (Å²) in [5, 5.41) is 14.0. The van der Waals surface area contributed by atoms with Crippen molar-refractivity contribution in [2.75, 3.05) is 33.3 Å². The van der Waals surface area contributed by atoms with E-state index in [-0.39, 0.29) is 17.3 Å². The highest BCUT2D eigenvalue weighted by molar-refractivity contribution is 7.89. The topological polar surface area (TPSA) is 102 Å². The van der Waals surface area contributed by atoms with E-state index < -0.39 is 10.0 Å². The number of nitrogens with one attached hydrogen (secondary N) is 1. The molecule has 1 aliphatic heterocycles. The van der Waals surface area contributed by atoms with Crippen molar-refractivity contribution in [1.29, 1.82) is 0 Å². The number of methoxy groups -OCH3 is 1. The maximum atomic E-state index is 12.6. The molecule has 1 fully saturated rings. The molecule has 1 saturated heterocycles. The largest absolute Gasteiger partial charge is 0.494 e. The molecule has 1 N–H and O–H groups in total. The number of aromatic nitrogens is 4. The molecule has 11 heteroatoms. The zero-order valence-electron chi connectivity index (χ0n) is 12.4. The summed E-state index contributed by atoms with van der Waals surface area (Å²) in [7, 11) is -2.05. The molecular formula is C12H17ClN6O3S. The number of halogens is 1. The number of piperazine rings is 1. The van der Waals surface area contributed by atoms with Crippen molar-refractivity contribution >= 4 is 22.4 Å². The number of benzene rings is 1. The molecule has 0 radical (unpaired) electrons. The minimum Gasteiger partial charge on any atom is -0.494 e. The second-order valence-electron chi connectivity index (χ2n) is 4.74. The van der Waals surface area contributed by atoms with Gasteiger partial charge in [0, 0.05) is 32.2 Å². The number of tetrazole rings is 1. The van der Waals surface area contributed by atoms with E-state index in [1.165, 1.54) is 34.6 Å². The molecule has 0 spiro atoms. The Balaban J connectivity index is 0.00000192. The van der Waals surface area contributed by atoms with E-state index in [1.807, 2.05) is 0 Å². The molecule has 0 unspecified atom stereocenters. The van der Waals surface area contributed by atoms with Crippen LogP contribution in [-0.4, -0.2) is 66.2 Å². The summed E-state index contributed by atoms with van der Waals surface area (Å²) in [5.74, 6) is 0.392. The van der Waals surface area contributed by atoms with Gasteiger partial charge in [0.2, 0.25) is 10.0 Å². The number of nitrogens with zero attached hydrogens (tertiary/aromatic N) is 5. The molecule has 23 heavy (non-hydrogen) atoms. The van der Waals surface area contributed by atoms with Crippen LogP contribution < -0.4 is 10.1 Å². The van der Waals surface area contributed by atoms with E-state index in [0.717, 1.165) is 0 Å². The first kappa shape index (κ1) is 17.6. The summed E-state index contributed by atoms with van der Waals surface area (Å²) in [6.07, 6.45) is 1.42. The van der Waals surface area contributed by atoms with Crippen LogP contribution in [0.15, 0.2) is 29.4 Å². The number of rotatable bonds is 4. The number of hydrogen-bond acceptors (Lipinski definition) is 7. The van der Waals surface area contributed by atoms with Gasteiger partial charge in [0.25, 0.3) is 0 Å². The Hall–Kier alpha value is -1.75.